The van der Waals surface area contributed by atoms with E-state index >= 15 is 0 Å². The number of phosphoric acid groups is 1. The molecule has 0 saturated carbocycles. The summed E-state index contributed by atoms with van der Waals surface area (Å²) in [6, 6.07) is 0. The van der Waals surface area contributed by atoms with E-state index in [1.54, 1.807) is 13.0 Å². The van der Waals surface area contributed by atoms with Crippen LogP contribution >= 0.6 is 7.82 Å². The van der Waals surface area contributed by atoms with E-state index in [1.807, 2.05) is 13.8 Å². The number of hydrogen-bond donors (Lipinski definition) is 3. The van der Waals surface area contributed by atoms with Gasteiger partial charge in [0, 0.05) is 7.11 Å². The van der Waals surface area contributed by atoms with Gasteiger partial charge in [0.2, 0.25) is 5.76 Å². The molecule has 3 unspecified atom stereocenters. The Kier molecular flexibility index (Phi) is 6.76. The average Bonchev–Trinajstić information content (AvgIpc) is 2.91. The maximum absolute atomic E-state index is 12.8. The van der Waals surface area contributed by atoms with Crippen molar-refractivity contribution in [2.75, 3.05) is 13.7 Å². The van der Waals surface area contributed by atoms with Crippen LogP contribution in [0.5, 0.6) is 0 Å². The van der Waals surface area contributed by atoms with E-state index in [2.05, 4.69) is 11.3 Å². The number of ether oxygens (including phenoxy) is 1. The standard InChI is InChI=1S/C18H25O10P/c1-6-10-9(2)13(20)12(7-18(10,3)4)28-29(24,25-5)26-8-11(19)16-14(21)15(22)17(23)27-16/h6,11-12,16,19,21-22H,1,7-8H2,2-5H3/t11-,12?,16?,29?/m0/s1. The number of rotatable bonds is 8. The normalized spacial score (nSPS) is 27.6. The molecule has 0 aromatic heterocycles. The van der Waals surface area contributed by atoms with Crippen LogP contribution in [0.1, 0.15) is 27.2 Å². The number of aliphatic hydroxyl groups excluding tert-OH is 3. The van der Waals surface area contributed by atoms with Gasteiger partial charge in [0.15, 0.2) is 17.6 Å². The molecule has 1 heterocycles. The molecule has 0 spiro atoms. The van der Waals surface area contributed by atoms with Crippen molar-refractivity contribution in [1.82, 2.24) is 0 Å². The van der Waals surface area contributed by atoms with Crippen LogP contribution in [0, 0.1) is 5.41 Å². The average molecular weight is 432 g/mol. The second-order valence-electron chi connectivity index (χ2n) is 7.34. The van der Waals surface area contributed by atoms with Crippen LogP contribution in [0.25, 0.3) is 0 Å². The lowest BCUT2D eigenvalue weighted by Gasteiger charge is -2.37. The fourth-order valence-corrected chi connectivity index (χ4v) is 4.40. The zero-order chi connectivity index (χ0) is 22.1. The molecule has 2 rings (SSSR count). The van der Waals surface area contributed by atoms with Gasteiger partial charge in [-0.2, -0.15) is 0 Å². The summed E-state index contributed by atoms with van der Waals surface area (Å²) >= 11 is 0. The highest BCUT2D eigenvalue weighted by molar-refractivity contribution is 7.48. The van der Waals surface area contributed by atoms with Crippen LogP contribution in [0.15, 0.2) is 35.3 Å². The van der Waals surface area contributed by atoms with Gasteiger partial charge in [0.25, 0.3) is 0 Å². The molecule has 11 heteroatoms. The topological polar surface area (TPSA) is 149 Å². The highest BCUT2D eigenvalue weighted by Crippen LogP contribution is 2.53. The monoisotopic (exact) mass is 432 g/mol. The van der Waals surface area contributed by atoms with Gasteiger partial charge in [-0.05, 0) is 29.9 Å². The van der Waals surface area contributed by atoms with Crippen LogP contribution in [-0.2, 0) is 32.5 Å². The highest BCUT2D eigenvalue weighted by atomic mass is 31.2. The van der Waals surface area contributed by atoms with E-state index in [9.17, 15) is 29.5 Å². The first-order chi connectivity index (χ1) is 13.4. The number of ketones is 1. The van der Waals surface area contributed by atoms with Crippen molar-refractivity contribution >= 4 is 19.6 Å². The number of cyclic esters (lactones) is 1. The first-order valence-corrected chi connectivity index (χ1v) is 10.2. The molecule has 0 fully saturated rings. The van der Waals surface area contributed by atoms with Gasteiger partial charge >= 0.3 is 13.8 Å². The Bertz CT molecular complexity index is 824. The van der Waals surface area contributed by atoms with Gasteiger partial charge in [0.1, 0.15) is 12.2 Å². The lowest BCUT2D eigenvalue weighted by molar-refractivity contribution is -0.147. The van der Waals surface area contributed by atoms with Gasteiger partial charge in [-0.15, -0.1) is 0 Å². The fourth-order valence-electron chi connectivity index (χ4n) is 3.33. The van der Waals surface area contributed by atoms with Gasteiger partial charge in [-0.3, -0.25) is 18.4 Å². The summed E-state index contributed by atoms with van der Waals surface area (Å²) in [5.74, 6) is -3.51. The predicted octanol–water partition coefficient (Wildman–Crippen LogP) is 2.26. The molecule has 0 amide bonds. The van der Waals surface area contributed by atoms with E-state index in [-0.39, 0.29) is 6.42 Å². The fraction of sp³-hybridized carbons (Fsp3) is 0.556. The maximum atomic E-state index is 12.8. The second kappa shape index (κ2) is 8.41. The zero-order valence-electron chi connectivity index (χ0n) is 16.6. The molecule has 1 aliphatic heterocycles. The lowest BCUT2D eigenvalue weighted by atomic mass is 9.71. The minimum atomic E-state index is -4.29. The van der Waals surface area contributed by atoms with E-state index in [0.717, 1.165) is 12.7 Å². The molecular formula is C18H25O10P. The predicted molar refractivity (Wildman–Crippen MR) is 99.9 cm³/mol. The molecule has 29 heavy (non-hydrogen) atoms. The number of hydrogen-bond acceptors (Lipinski definition) is 10. The molecule has 4 atom stereocenters. The molecule has 162 valence electrons. The Labute approximate surface area is 168 Å². The Morgan fingerprint density at radius 3 is 2.48 bits per heavy atom. The Morgan fingerprint density at radius 1 is 1.38 bits per heavy atom. The van der Waals surface area contributed by atoms with Crippen LogP contribution in [0.2, 0.25) is 0 Å². The van der Waals surface area contributed by atoms with E-state index in [1.165, 1.54) is 0 Å². The zero-order valence-corrected chi connectivity index (χ0v) is 17.5. The number of allylic oxidation sites excluding steroid dienone is 2. The molecule has 1 aliphatic carbocycles. The Balaban J connectivity index is 2.10. The summed E-state index contributed by atoms with van der Waals surface area (Å²) in [7, 11) is -3.25. The molecule has 0 radical (unpaired) electrons. The summed E-state index contributed by atoms with van der Waals surface area (Å²) < 4.78 is 32.6. The highest BCUT2D eigenvalue weighted by Gasteiger charge is 2.44. The smallest absolute Gasteiger partial charge is 0.475 e. The van der Waals surface area contributed by atoms with Crippen molar-refractivity contribution in [3.05, 3.63) is 35.3 Å². The van der Waals surface area contributed by atoms with Crippen molar-refractivity contribution < 1.29 is 47.8 Å². The quantitative estimate of drug-likeness (QED) is 0.385. The van der Waals surface area contributed by atoms with E-state index in [0.29, 0.717) is 5.57 Å². The first kappa shape index (κ1) is 23.3. The number of Topliss-reactive ketones (excluding diaryl/α,β-unsaturated/α-hetero) is 1. The third-order valence-electron chi connectivity index (χ3n) is 4.87. The first-order valence-electron chi connectivity index (χ1n) is 8.74. The maximum Gasteiger partial charge on any atom is 0.475 e. The van der Waals surface area contributed by atoms with Gasteiger partial charge < -0.3 is 20.1 Å². The molecular weight excluding hydrogens is 407 g/mol. The molecule has 0 saturated heterocycles. The van der Waals surface area contributed by atoms with E-state index < -0.39 is 61.4 Å². The molecule has 0 aromatic carbocycles. The van der Waals surface area contributed by atoms with Crippen LogP contribution in [0.3, 0.4) is 0 Å². The number of esters is 1. The molecule has 0 aromatic rings. The largest absolute Gasteiger partial charge is 0.505 e. The second-order valence-corrected chi connectivity index (χ2v) is 9.07. The summed E-state index contributed by atoms with van der Waals surface area (Å²) in [5, 5.41) is 28.9. The van der Waals surface area contributed by atoms with Gasteiger partial charge in [-0.1, -0.05) is 26.5 Å². The third-order valence-corrected chi connectivity index (χ3v) is 6.29. The third kappa shape index (κ3) is 4.62. The van der Waals surface area contributed by atoms with Crippen LogP contribution in [0.4, 0.5) is 0 Å². The number of carbonyl (C=O) groups excluding carboxylic acids is 2. The minimum absolute atomic E-state index is 0.196. The minimum Gasteiger partial charge on any atom is -0.505 e. The number of phosphoric ester groups is 1. The molecule has 0 bridgehead atoms. The van der Waals surface area contributed by atoms with Crippen molar-refractivity contribution in [2.45, 2.75) is 45.5 Å². The summed E-state index contributed by atoms with van der Waals surface area (Å²) in [5.41, 5.74) is 0.706. The Morgan fingerprint density at radius 2 is 2.00 bits per heavy atom. The number of carbonyl (C=O) groups is 2. The Hall–Kier alpha value is -1.97. The summed E-state index contributed by atoms with van der Waals surface area (Å²) in [6.07, 6.45) is -2.59. The SMILES string of the molecule is C=CC1=C(C)C(=O)C(OP(=O)(OC)OC[C@H](O)C2OC(=O)C(O)=C2O)CC1(C)C. The van der Waals surface area contributed by atoms with Crippen molar-refractivity contribution in [3.63, 3.8) is 0 Å². The molecule has 3 N–H and O–H groups in total. The molecule has 2 aliphatic rings. The van der Waals surface area contributed by atoms with Crippen LogP contribution in [-0.4, -0.2) is 59.1 Å². The van der Waals surface area contributed by atoms with E-state index in [4.69, 9.17) is 13.6 Å². The number of aliphatic hydroxyl groups is 3. The van der Waals surface area contributed by atoms with Gasteiger partial charge in [-0.25, -0.2) is 9.36 Å². The summed E-state index contributed by atoms with van der Waals surface area (Å²) in [6.45, 7) is 8.37. The van der Waals surface area contributed by atoms with Crippen LogP contribution < -0.4 is 0 Å². The summed E-state index contributed by atoms with van der Waals surface area (Å²) in [4.78, 5) is 23.8. The lowest BCUT2D eigenvalue weighted by Crippen LogP contribution is -2.37. The van der Waals surface area contributed by atoms with Gasteiger partial charge in [0.05, 0.1) is 6.61 Å². The van der Waals surface area contributed by atoms with Crippen molar-refractivity contribution in [3.8, 4) is 0 Å². The van der Waals surface area contributed by atoms with Crippen molar-refractivity contribution in [2.24, 2.45) is 5.41 Å². The molecule has 10 nitrogen and oxygen atoms in total. The van der Waals surface area contributed by atoms with Crippen molar-refractivity contribution in [1.29, 1.82) is 0 Å².